The van der Waals surface area contributed by atoms with Crippen molar-refractivity contribution in [1.29, 1.82) is 0 Å². The summed E-state index contributed by atoms with van der Waals surface area (Å²) in [6.45, 7) is 2.92. The SMILES string of the molecule is COc1ccc(Cl)c(CNc2ncnc3nn(C(C)c4ccc(Cn5cccn5)cc4)cc23)c1F. The highest BCUT2D eigenvalue weighted by atomic mass is 35.5. The lowest BCUT2D eigenvalue weighted by atomic mass is 10.1. The van der Waals surface area contributed by atoms with E-state index in [4.69, 9.17) is 16.3 Å². The lowest BCUT2D eigenvalue weighted by molar-refractivity contribution is 0.384. The quantitative estimate of drug-likeness (QED) is 0.325. The fraction of sp³-hybridized carbons (Fsp3) is 0.200. The molecule has 3 aromatic heterocycles. The van der Waals surface area contributed by atoms with Gasteiger partial charge in [-0.1, -0.05) is 35.9 Å². The van der Waals surface area contributed by atoms with Crippen molar-refractivity contribution in [2.24, 2.45) is 0 Å². The number of fused-ring (bicyclic) bond motifs is 1. The summed E-state index contributed by atoms with van der Waals surface area (Å²) in [5, 5.41) is 13.1. The van der Waals surface area contributed by atoms with Crippen molar-refractivity contribution >= 4 is 28.5 Å². The minimum absolute atomic E-state index is 0.0268. The molecule has 5 aromatic rings. The van der Waals surface area contributed by atoms with Gasteiger partial charge < -0.3 is 10.1 Å². The third kappa shape index (κ3) is 4.67. The van der Waals surface area contributed by atoms with Gasteiger partial charge >= 0.3 is 0 Å². The summed E-state index contributed by atoms with van der Waals surface area (Å²) in [4.78, 5) is 8.63. The van der Waals surface area contributed by atoms with E-state index in [0.717, 1.165) is 23.1 Å². The van der Waals surface area contributed by atoms with Crippen LogP contribution >= 0.6 is 11.6 Å². The number of methoxy groups -OCH3 is 1. The standard InChI is InChI=1S/C25H23ClFN7O/c1-16(18-6-4-17(5-7-18)13-33-11-3-10-31-33)34-14-20-24(29-15-30-25(20)32-34)28-12-19-21(26)8-9-22(35-2)23(19)27/h3-11,14-16H,12-13H2,1-2H3,(H,28,29,30,32). The third-order valence-corrected chi connectivity index (χ3v) is 6.25. The first-order valence-corrected chi connectivity index (χ1v) is 11.4. The van der Waals surface area contributed by atoms with Crippen LogP contribution in [-0.4, -0.2) is 36.6 Å². The van der Waals surface area contributed by atoms with Gasteiger partial charge in [-0.05, 0) is 36.2 Å². The van der Waals surface area contributed by atoms with E-state index in [9.17, 15) is 4.39 Å². The second kappa shape index (κ2) is 9.71. The van der Waals surface area contributed by atoms with Crippen molar-refractivity contribution in [3.05, 3.63) is 94.9 Å². The fourth-order valence-electron chi connectivity index (χ4n) is 3.90. The van der Waals surface area contributed by atoms with Crippen LogP contribution in [0.25, 0.3) is 11.0 Å². The molecule has 1 atom stereocenters. The maximum absolute atomic E-state index is 14.7. The molecule has 0 radical (unpaired) electrons. The maximum atomic E-state index is 14.7. The van der Waals surface area contributed by atoms with Crippen LogP contribution < -0.4 is 10.1 Å². The normalized spacial score (nSPS) is 12.1. The summed E-state index contributed by atoms with van der Waals surface area (Å²) >= 11 is 6.22. The Morgan fingerprint density at radius 3 is 2.71 bits per heavy atom. The Labute approximate surface area is 206 Å². The number of halogens is 2. The van der Waals surface area contributed by atoms with E-state index in [0.29, 0.717) is 22.1 Å². The van der Waals surface area contributed by atoms with Gasteiger partial charge in [0.1, 0.15) is 12.1 Å². The number of benzene rings is 2. The maximum Gasteiger partial charge on any atom is 0.186 e. The van der Waals surface area contributed by atoms with Crippen LogP contribution in [-0.2, 0) is 13.1 Å². The summed E-state index contributed by atoms with van der Waals surface area (Å²) in [5.74, 6) is 0.177. The molecule has 0 aliphatic rings. The molecular weight excluding hydrogens is 469 g/mol. The number of anilines is 1. The van der Waals surface area contributed by atoms with Crippen molar-refractivity contribution < 1.29 is 9.13 Å². The van der Waals surface area contributed by atoms with Crippen LogP contribution in [0.15, 0.2) is 67.4 Å². The molecule has 8 nitrogen and oxygen atoms in total. The Balaban J connectivity index is 1.36. The highest BCUT2D eigenvalue weighted by Crippen LogP contribution is 2.29. The molecular formula is C25H23ClFN7O. The Kier molecular flexibility index (Phi) is 6.33. The minimum Gasteiger partial charge on any atom is -0.494 e. The van der Waals surface area contributed by atoms with Crippen LogP contribution in [0, 0.1) is 5.82 Å². The Morgan fingerprint density at radius 1 is 1.14 bits per heavy atom. The van der Waals surface area contributed by atoms with E-state index < -0.39 is 5.82 Å². The molecule has 0 amide bonds. The summed E-state index contributed by atoms with van der Waals surface area (Å²) in [5.41, 5.74) is 3.11. The molecule has 0 aliphatic heterocycles. The van der Waals surface area contributed by atoms with Crippen molar-refractivity contribution in [3.8, 4) is 5.75 Å². The van der Waals surface area contributed by atoms with Gasteiger partial charge in [0.25, 0.3) is 0 Å². The molecule has 0 fully saturated rings. The van der Waals surface area contributed by atoms with E-state index in [1.165, 1.54) is 19.5 Å². The van der Waals surface area contributed by atoms with Gasteiger partial charge in [-0.3, -0.25) is 9.36 Å². The largest absolute Gasteiger partial charge is 0.494 e. The number of hydrogen-bond acceptors (Lipinski definition) is 6. The molecule has 0 bridgehead atoms. The predicted octanol–water partition coefficient (Wildman–Crippen LogP) is 5.09. The molecule has 0 saturated heterocycles. The van der Waals surface area contributed by atoms with Gasteiger partial charge in [0.2, 0.25) is 0 Å². The Morgan fingerprint density at radius 2 is 1.97 bits per heavy atom. The van der Waals surface area contributed by atoms with E-state index in [1.807, 2.05) is 27.8 Å². The molecule has 35 heavy (non-hydrogen) atoms. The lowest BCUT2D eigenvalue weighted by Crippen LogP contribution is -2.07. The molecule has 1 N–H and O–H groups in total. The highest BCUT2D eigenvalue weighted by Gasteiger charge is 2.16. The molecule has 0 spiro atoms. The zero-order valence-corrected chi connectivity index (χ0v) is 19.9. The van der Waals surface area contributed by atoms with Crippen molar-refractivity contribution in [2.45, 2.75) is 26.1 Å². The van der Waals surface area contributed by atoms with Crippen molar-refractivity contribution in [2.75, 3.05) is 12.4 Å². The van der Waals surface area contributed by atoms with E-state index >= 15 is 0 Å². The first-order chi connectivity index (χ1) is 17.0. The molecule has 3 heterocycles. The minimum atomic E-state index is -0.502. The first-order valence-electron chi connectivity index (χ1n) is 11.0. The first kappa shape index (κ1) is 22.8. The number of aromatic nitrogens is 6. The van der Waals surface area contributed by atoms with Crippen LogP contribution in [0.1, 0.15) is 29.7 Å². The smallest absolute Gasteiger partial charge is 0.186 e. The zero-order chi connectivity index (χ0) is 24.4. The van der Waals surface area contributed by atoms with Crippen molar-refractivity contribution in [1.82, 2.24) is 29.5 Å². The number of hydrogen-bond donors (Lipinski definition) is 1. The molecule has 1 unspecified atom stereocenters. The van der Waals surface area contributed by atoms with Gasteiger partial charge in [0.15, 0.2) is 17.2 Å². The van der Waals surface area contributed by atoms with Crippen molar-refractivity contribution in [3.63, 3.8) is 0 Å². The van der Waals surface area contributed by atoms with E-state index in [-0.39, 0.29) is 18.3 Å². The molecule has 10 heteroatoms. The number of rotatable bonds is 8. The molecule has 2 aromatic carbocycles. The average Bonchev–Trinajstić information content (AvgIpc) is 3.54. The fourth-order valence-corrected chi connectivity index (χ4v) is 4.11. The molecule has 5 rings (SSSR count). The zero-order valence-electron chi connectivity index (χ0n) is 19.2. The summed E-state index contributed by atoms with van der Waals surface area (Å²) in [6, 6.07) is 13.4. The predicted molar refractivity (Wildman–Crippen MR) is 132 cm³/mol. The molecule has 0 saturated carbocycles. The number of nitrogens with zero attached hydrogens (tertiary/aromatic N) is 6. The van der Waals surface area contributed by atoms with Gasteiger partial charge in [-0.15, -0.1) is 0 Å². The summed E-state index contributed by atoms with van der Waals surface area (Å²) in [7, 11) is 1.42. The average molecular weight is 492 g/mol. The van der Waals surface area contributed by atoms with Gasteiger partial charge in [-0.2, -0.15) is 10.2 Å². The lowest BCUT2D eigenvalue weighted by Gasteiger charge is -2.13. The summed E-state index contributed by atoms with van der Waals surface area (Å²) < 4.78 is 23.5. The Bertz CT molecular complexity index is 1450. The second-order valence-corrected chi connectivity index (χ2v) is 8.49. The molecule has 178 valence electrons. The monoisotopic (exact) mass is 491 g/mol. The van der Waals surface area contributed by atoms with Crippen LogP contribution in [0.2, 0.25) is 5.02 Å². The Hall–Kier alpha value is -3.98. The number of nitrogens with one attached hydrogen (secondary N) is 1. The molecule has 0 aliphatic carbocycles. The van der Waals surface area contributed by atoms with Gasteiger partial charge in [-0.25, -0.2) is 14.4 Å². The van der Waals surface area contributed by atoms with E-state index in [1.54, 1.807) is 12.3 Å². The van der Waals surface area contributed by atoms with Crippen LogP contribution in [0.3, 0.4) is 0 Å². The van der Waals surface area contributed by atoms with Crippen LogP contribution in [0.4, 0.5) is 10.2 Å². The van der Waals surface area contributed by atoms with E-state index in [2.05, 4.69) is 56.7 Å². The number of ether oxygens (including phenoxy) is 1. The van der Waals surface area contributed by atoms with Gasteiger partial charge in [0.05, 0.1) is 25.1 Å². The highest BCUT2D eigenvalue weighted by molar-refractivity contribution is 6.31. The third-order valence-electron chi connectivity index (χ3n) is 5.90. The van der Waals surface area contributed by atoms with Gasteiger partial charge in [0, 0.05) is 35.7 Å². The van der Waals surface area contributed by atoms with Crippen LogP contribution in [0.5, 0.6) is 5.75 Å². The summed E-state index contributed by atoms with van der Waals surface area (Å²) in [6.07, 6.45) is 7.03. The second-order valence-electron chi connectivity index (χ2n) is 8.09. The topological polar surface area (TPSA) is 82.7 Å².